The summed E-state index contributed by atoms with van der Waals surface area (Å²) in [6, 6.07) is 9.80. The first-order chi connectivity index (χ1) is 9.92. The maximum atomic E-state index is 13.8. The van der Waals surface area contributed by atoms with Crippen molar-refractivity contribution in [1.29, 1.82) is 0 Å². The van der Waals surface area contributed by atoms with Gasteiger partial charge in [0, 0.05) is 17.8 Å². The first-order valence-electron chi connectivity index (χ1n) is 6.83. The highest BCUT2D eigenvalue weighted by molar-refractivity contribution is 5.86. The molecular formula is C16H17F4N. The predicted molar refractivity (Wildman–Crippen MR) is 75.6 cm³/mol. The molecule has 0 spiro atoms. The lowest BCUT2D eigenvalue weighted by Gasteiger charge is -2.19. The monoisotopic (exact) mass is 299 g/mol. The molecule has 0 aliphatic carbocycles. The Kier molecular flexibility index (Phi) is 4.83. The van der Waals surface area contributed by atoms with Gasteiger partial charge in [-0.05, 0) is 36.9 Å². The van der Waals surface area contributed by atoms with Gasteiger partial charge in [-0.2, -0.15) is 13.2 Å². The van der Waals surface area contributed by atoms with Crippen LogP contribution in [-0.4, -0.2) is 13.2 Å². The Morgan fingerprint density at radius 1 is 1.05 bits per heavy atom. The molecular weight excluding hydrogens is 282 g/mol. The number of fused-ring (bicyclic) bond motifs is 1. The van der Waals surface area contributed by atoms with Crippen LogP contribution in [0.3, 0.4) is 0 Å². The molecule has 0 heterocycles. The molecule has 21 heavy (non-hydrogen) atoms. The van der Waals surface area contributed by atoms with E-state index in [0.717, 1.165) is 10.9 Å². The summed E-state index contributed by atoms with van der Waals surface area (Å²) >= 11 is 0. The van der Waals surface area contributed by atoms with E-state index in [-0.39, 0.29) is 18.3 Å². The number of rotatable bonds is 5. The summed E-state index contributed by atoms with van der Waals surface area (Å²) in [4.78, 5) is 0. The van der Waals surface area contributed by atoms with Crippen molar-refractivity contribution in [2.75, 3.05) is 7.05 Å². The summed E-state index contributed by atoms with van der Waals surface area (Å²) in [5.41, 5.74) is 0.830. The highest BCUT2D eigenvalue weighted by Gasteiger charge is 2.27. The summed E-state index contributed by atoms with van der Waals surface area (Å²) in [7, 11) is 1.70. The van der Waals surface area contributed by atoms with Crippen LogP contribution in [0.4, 0.5) is 17.6 Å². The van der Waals surface area contributed by atoms with Gasteiger partial charge in [0.1, 0.15) is 5.82 Å². The third kappa shape index (κ3) is 3.94. The fourth-order valence-corrected chi connectivity index (χ4v) is 2.55. The minimum absolute atomic E-state index is 0.0424. The Morgan fingerprint density at radius 3 is 2.33 bits per heavy atom. The molecule has 0 saturated carbocycles. The van der Waals surface area contributed by atoms with Crippen molar-refractivity contribution >= 4 is 10.8 Å². The molecule has 2 aromatic rings. The van der Waals surface area contributed by atoms with Crippen LogP contribution in [0, 0.1) is 5.82 Å². The summed E-state index contributed by atoms with van der Waals surface area (Å²) < 4.78 is 50.5. The number of benzene rings is 2. The molecule has 0 fully saturated rings. The minimum Gasteiger partial charge on any atom is -0.313 e. The smallest absolute Gasteiger partial charge is 0.313 e. The fraction of sp³-hybridized carbons (Fsp3) is 0.375. The molecule has 0 aromatic heterocycles. The molecule has 0 aliphatic heterocycles. The van der Waals surface area contributed by atoms with E-state index in [1.807, 2.05) is 0 Å². The van der Waals surface area contributed by atoms with Crippen molar-refractivity contribution < 1.29 is 17.6 Å². The average Bonchev–Trinajstić information content (AvgIpc) is 2.44. The lowest BCUT2D eigenvalue weighted by atomic mass is 9.95. The first-order valence-corrected chi connectivity index (χ1v) is 6.83. The number of nitrogens with one attached hydrogen (secondary N) is 1. The van der Waals surface area contributed by atoms with Crippen molar-refractivity contribution in [3.63, 3.8) is 0 Å². The molecule has 0 amide bonds. The maximum absolute atomic E-state index is 13.8. The summed E-state index contributed by atoms with van der Waals surface area (Å²) in [6.45, 7) is 0. The zero-order valence-corrected chi connectivity index (χ0v) is 11.7. The third-order valence-corrected chi connectivity index (χ3v) is 3.58. The van der Waals surface area contributed by atoms with Crippen molar-refractivity contribution in [3.05, 3.63) is 47.8 Å². The van der Waals surface area contributed by atoms with Crippen molar-refractivity contribution in [2.45, 2.75) is 31.5 Å². The maximum Gasteiger partial charge on any atom is 0.389 e. The van der Waals surface area contributed by atoms with Gasteiger partial charge in [-0.25, -0.2) is 4.39 Å². The quantitative estimate of drug-likeness (QED) is 0.768. The summed E-state index contributed by atoms with van der Waals surface area (Å²) in [6.07, 6.45) is -4.54. The lowest BCUT2D eigenvalue weighted by Crippen LogP contribution is -2.18. The van der Waals surface area contributed by atoms with Gasteiger partial charge in [-0.15, -0.1) is 0 Å². The number of alkyl halides is 3. The van der Waals surface area contributed by atoms with E-state index in [9.17, 15) is 17.6 Å². The molecule has 2 rings (SSSR count). The van der Waals surface area contributed by atoms with Crippen LogP contribution in [-0.2, 0) is 0 Å². The van der Waals surface area contributed by atoms with E-state index >= 15 is 0 Å². The van der Waals surface area contributed by atoms with E-state index in [1.54, 1.807) is 37.4 Å². The molecule has 114 valence electrons. The molecule has 0 saturated heterocycles. The van der Waals surface area contributed by atoms with Crippen LogP contribution in [0.2, 0.25) is 0 Å². The van der Waals surface area contributed by atoms with E-state index < -0.39 is 12.6 Å². The number of halogens is 4. The van der Waals surface area contributed by atoms with Gasteiger partial charge in [-0.3, -0.25) is 0 Å². The highest BCUT2D eigenvalue weighted by atomic mass is 19.4. The fourth-order valence-electron chi connectivity index (χ4n) is 2.55. The molecule has 1 N–H and O–H groups in total. The van der Waals surface area contributed by atoms with E-state index in [4.69, 9.17) is 0 Å². The molecule has 0 bridgehead atoms. The third-order valence-electron chi connectivity index (χ3n) is 3.58. The molecule has 5 heteroatoms. The minimum atomic E-state index is -4.14. The van der Waals surface area contributed by atoms with Gasteiger partial charge in [0.15, 0.2) is 0 Å². The largest absolute Gasteiger partial charge is 0.389 e. The number of hydrogen-bond donors (Lipinski definition) is 1. The first kappa shape index (κ1) is 15.8. The second-order valence-electron chi connectivity index (χ2n) is 5.03. The normalized spacial score (nSPS) is 13.6. The lowest BCUT2D eigenvalue weighted by molar-refractivity contribution is -0.135. The zero-order valence-electron chi connectivity index (χ0n) is 11.7. The second kappa shape index (κ2) is 6.43. The average molecular weight is 299 g/mol. The van der Waals surface area contributed by atoms with Crippen LogP contribution >= 0.6 is 0 Å². The van der Waals surface area contributed by atoms with E-state index in [1.165, 1.54) is 6.07 Å². The van der Waals surface area contributed by atoms with Crippen LogP contribution in [0.25, 0.3) is 10.8 Å². The van der Waals surface area contributed by atoms with E-state index in [2.05, 4.69) is 5.32 Å². The van der Waals surface area contributed by atoms with Crippen LogP contribution in [0.5, 0.6) is 0 Å². The van der Waals surface area contributed by atoms with Crippen LogP contribution < -0.4 is 5.32 Å². The van der Waals surface area contributed by atoms with Gasteiger partial charge >= 0.3 is 6.18 Å². The van der Waals surface area contributed by atoms with Crippen molar-refractivity contribution in [2.24, 2.45) is 0 Å². The standard InChI is InChI=1S/C16H17F4N/c1-21-15(7-4-10-16(18,19)20)13-8-9-14(17)12-6-3-2-5-11(12)13/h2-3,5-6,8-9,15,21H,4,7,10H2,1H3. The zero-order chi connectivity index (χ0) is 15.5. The molecule has 2 aromatic carbocycles. The van der Waals surface area contributed by atoms with Gasteiger partial charge in [0.05, 0.1) is 0 Å². The van der Waals surface area contributed by atoms with Crippen molar-refractivity contribution in [1.82, 2.24) is 5.32 Å². The molecule has 1 unspecified atom stereocenters. The number of hydrogen-bond acceptors (Lipinski definition) is 1. The topological polar surface area (TPSA) is 12.0 Å². The Balaban J connectivity index is 2.24. The SMILES string of the molecule is CNC(CCCC(F)(F)F)c1ccc(F)c2ccccc12. The van der Waals surface area contributed by atoms with Gasteiger partial charge in [-0.1, -0.05) is 30.3 Å². The summed E-state index contributed by atoms with van der Waals surface area (Å²) in [5.74, 6) is -0.320. The highest BCUT2D eigenvalue weighted by Crippen LogP contribution is 2.31. The van der Waals surface area contributed by atoms with Gasteiger partial charge in [0.25, 0.3) is 0 Å². The van der Waals surface area contributed by atoms with E-state index in [0.29, 0.717) is 11.8 Å². The van der Waals surface area contributed by atoms with Crippen LogP contribution in [0.1, 0.15) is 30.9 Å². The second-order valence-corrected chi connectivity index (χ2v) is 5.03. The van der Waals surface area contributed by atoms with Gasteiger partial charge < -0.3 is 5.32 Å². The molecule has 0 radical (unpaired) electrons. The Morgan fingerprint density at radius 2 is 1.71 bits per heavy atom. The molecule has 1 atom stereocenters. The Hall–Kier alpha value is -1.62. The Labute approximate surface area is 121 Å². The Bertz CT molecular complexity index is 607. The van der Waals surface area contributed by atoms with Gasteiger partial charge in [0.2, 0.25) is 0 Å². The molecule has 1 nitrogen and oxygen atoms in total. The van der Waals surface area contributed by atoms with Crippen LogP contribution in [0.15, 0.2) is 36.4 Å². The molecule has 0 aliphatic rings. The predicted octanol–water partition coefficient (Wildman–Crippen LogP) is 4.97. The summed E-state index contributed by atoms with van der Waals surface area (Å²) in [5, 5.41) is 4.26. The van der Waals surface area contributed by atoms with Crippen molar-refractivity contribution in [3.8, 4) is 0 Å².